The Hall–Kier alpha value is -1.10. The molecule has 3 nitrogen and oxygen atoms in total. The van der Waals surface area contributed by atoms with Crippen molar-refractivity contribution in [2.45, 2.75) is 6.54 Å². The normalized spacial score (nSPS) is 15.5. The van der Waals surface area contributed by atoms with E-state index in [1.807, 2.05) is 5.38 Å². The van der Waals surface area contributed by atoms with Crippen LogP contribution >= 0.6 is 22.9 Å². The summed E-state index contributed by atoms with van der Waals surface area (Å²) in [4.78, 5) is 6.59. The standard InChI is InChI=1S/C12H12ClN3S/c13-11-8-17-12(15-11)16-6-5-14-7-9-3-1-2-4-10(9)16/h1-4,8,14H,5-7H2. The Morgan fingerprint density at radius 2 is 2.24 bits per heavy atom. The Morgan fingerprint density at radius 3 is 3.06 bits per heavy atom. The number of nitrogens with zero attached hydrogens (tertiary/aromatic N) is 2. The lowest BCUT2D eigenvalue weighted by Crippen LogP contribution is -2.24. The van der Waals surface area contributed by atoms with Gasteiger partial charge in [0.25, 0.3) is 0 Å². The molecular weight excluding hydrogens is 254 g/mol. The minimum absolute atomic E-state index is 0.569. The molecule has 1 aromatic heterocycles. The quantitative estimate of drug-likeness (QED) is 0.859. The molecule has 3 rings (SSSR count). The average Bonchev–Trinajstić information content (AvgIpc) is 2.66. The molecule has 88 valence electrons. The molecule has 0 atom stereocenters. The maximum Gasteiger partial charge on any atom is 0.191 e. The number of thiazole rings is 1. The molecule has 0 bridgehead atoms. The van der Waals surface area contributed by atoms with Gasteiger partial charge < -0.3 is 10.2 Å². The van der Waals surface area contributed by atoms with Gasteiger partial charge >= 0.3 is 0 Å². The van der Waals surface area contributed by atoms with Crippen molar-refractivity contribution in [3.05, 3.63) is 40.4 Å². The molecule has 0 aliphatic carbocycles. The Balaban J connectivity index is 2.05. The molecule has 0 amide bonds. The van der Waals surface area contributed by atoms with E-state index in [1.54, 1.807) is 11.3 Å². The van der Waals surface area contributed by atoms with Crippen LogP contribution in [0.4, 0.5) is 10.8 Å². The summed E-state index contributed by atoms with van der Waals surface area (Å²) in [5.41, 5.74) is 2.53. The molecule has 1 aromatic carbocycles. The smallest absolute Gasteiger partial charge is 0.191 e. The molecule has 0 saturated carbocycles. The number of nitrogens with one attached hydrogen (secondary N) is 1. The topological polar surface area (TPSA) is 28.2 Å². The third-order valence-electron chi connectivity index (χ3n) is 2.80. The summed E-state index contributed by atoms with van der Waals surface area (Å²) < 4.78 is 0. The summed E-state index contributed by atoms with van der Waals surface area (Å²) in [7, 11) is 0. The molecule has 0 spiro atoms. The van der Waals surface area contributed by atoms with Gasteiger partial charge in [-0.25, -0.2) is 4.98 Å². The fraction of sp³-hybridized carbons (Fsp3) is 0.250. The lowest BCUT2D eigenvalue weighted by Gasteiger charge is -2.21. The Kier molecular flexibility index (Phi) is 3.01. The van der Waals surface area contributed by atoms with Crippen LogP contribution in [-0.2, 0) is 6.54 Å². The van der Waals surface area contributed by atoms with Gasteiger partial charge in [0.2, 0.25) is 0 Å². The van der Waals surface area contributed by atoms with Crippen molar-refractivity contribution >= 4 is 33.8 Å². The van der Waals surface area contributed by atoms with Crippen molar-refractivity contribution in [3.63, 3.8) is 0 Å². The molecule has 1 N–H and O–H groups in total. The molecule has 0 fully saturated rings. The van der Waals surface area contributed by atoms with E-state index in [0.29, 0.717) is 5.15 Å². The van der Waals surface area contributed by atoms with Crippen molar-refractivity contribution in [3.8, 4) is 0 Å². The first-order valence-electron chi connectivity index (χ1n) is 5.52. The predicted molar refractivity (Wildman–Crippen MR) is 72.3 cm³/mol. The maximum atomic E-state index is 5.90. The summed E-state index contributed by atoms with van der Waals surface area (Å²) in [5.74, 6) is 0. The lowest BCUT2D eigenvalue weighted by molar-refractivity contribution is 0.712. The number of anilines is 2. The highest BCUT2D eigenvalue weighted by Gasteiger charge is 2.18. The molecule has 1 aliphatic rings. The zero-order chi connectivity index (χ0) is 11.7. The van der Waals surface area contributed by atoms with Crippen LogP contribution < -0.4 is 10.2 Å². The fourth-order valence-electron chi connectivity index (χ4n) is 2.03. The van der Waals surface area contributed by atoms with Gasteiger partial charge in [0, 0.05) is 30.7 Å². The van der Waals surface area contributed by atoms with Gasteiger partial charge in [-0.1, -0.05) is 29.8 Å². The molecule has 17 heavy (non-hydrogen) atoms. The first-order valence-corrected chi connectivity index (χ1v) is 6.77. The summed E-state index contributed by atoms with van der Waals surface area (Å²) in [6, 6.07) is 8.42. The van der Waals surface area contributed by atoms with Gasteiger partial charge in [-0.2, -0.15) is 0 Å². The van der Waals surface area contributed by atoms with E-state index in [-0.39, 0.29) is 0 Å². The second kappa shape index (κ2) is 4.64. The van der Waals surface area contributed by atoms with Crippen molar-refractivity contribution < 1.29 is 0 Å². The van der Waals surface area contributed by atoms with Gasteiger partial charge in [0.1, 0.15) is 5.15 Å². The molecule has 1 aliphatic heterocycles. The van der Waals surface area contributed by atoms with Crippen LogP contribution in [0.2, 0.25) is 5.15 Å². The van der Waals surface area contributed by atoms with Crippen LogP contribution in [0.3, 0.4) is 0 Å². The lowest BCUT2D eigenvalue weighted by atomic mass is 10.1. The molecule has 5 heteroatoms. The number of para-hydroxylation sites is 1. The number of rotatable bonds is 1. The van der Waals surface area contributed by atoms with Gasteiger partial charge in [0.15, 0.2) is 5.13 Å². The van der Waals surface area contributed by atoms with Crippen LogP contribution in [0.1, 0.15) is 5.56 Å². The number of hydrogen-bond donors (Lipinski definition) is 1. The van der Waals surface area contributed by atoms with E-state index >= 15 is 0 Å². The van der Waals surface area contributed by atoms with Crippen LogP contribution in [0.25, 0.3) is 0 Å². The first-order chi connectivity index (χ1) is 8.34. The highest BCUT2D eigenvalue weighted by Crippen LogP contribution is 2.32. The van der Waals surface area contributed by atoms with Gasteiger partial charge in [-0.15, -0.1) is 11.3 Å². The second-order valence-electron chi connectivity index (χ2n) is 3.91. The van der Waals surface area contributed by atoms with Crippen molar-refractivity contribution in [2.24, 2.45) is 0 Å². The SMILES string of the molecule is Clc1csc(N2CCNCc3ccccc32)n1. The van der Waals surface area contributed by atoms with E-state index < -0.39 is 0 Å². The number of halogens is 1. The van der Waals surface area contributed by atoms with Gasteiger partial charge in [0.05, 0.1) is 0 Å². The summed E-state index contributed by atoms with van der Waals surface area (Å²) in [5, 5.41) is 6.82. The third-order valence-corrected chi connectivity index (χ3v) is 3.99. The number of benzene rings is 1. The van der Waals surface area contributed by atoms with Crippen molar-refractivity contribution in [1.29, 1.82) is 0 Å². The number of hydrogen-bond acceptors (Lipinski definition) is 4. The highest BCUT2D eigenvalue weighted by molar-refractivity contribution is 7.14. The summed E-state index contributed by atoms with van der Waals surface area (Å²) >= 11 is 7.49. The molecule has 0 radical (unpaired) electrons. The third kappa shape index (κ3) is 2.16. The highest BCUT2D eigenvalue weighted by atomic mass is 35.5. The summed E-state index contributed by atoms with van der Waals surface area (Å²) in [6.07, 6.45) is 0. The Morgan fingerprint density at radius 1 is 1.35 bits per heavy atom. The fourth-order valence-corrected chi connectivity index (χ4v) is 3.01. The number of fused-ring (bicyclic) bond motifs is 1. The zero-order valence-electron chi connectivity index (χ0n) is 9.19. The first kappa shape index (κ1) is 11.0. The van der Waals surface area contributed by atoms with Gasteiger partial charge in [-0.3, -0.25) is 0 Å². The van der Waals surface area contributed by atoms with Crippen LogP contribution in [0.5, 0.6) is 0 Å². The van der Waals surface area contributed by atoms with Crippen molar-refractivity contribution in [1.82, 2.24) is 10.3 Å². The Bertz CT molecular complexity index is 526. The largest absolute Gasteiger partial charge is 0.316 e. The van der Waals surface area contributed by atoms with Crippen LogP contribution in [-0.4, -0.2) is 18.1 Å². The molecule has 2 aromatic rings. The molecule has 2 heterocycles. The summed E-state index contributed by atoms with van der Waals surface area (Å²) in [6.45, 7) is 2.78. The monoisotopic (exact) mass is 265 g/mol. The minimum atomic E-state index is 0.569. The molecule has 0 saturated heterocycles. The minimum Gasteiger partial charge on any atom is -0.316 e. The van der Waals surface area contributed by atoms with E-state index in [0.717, 1.165) is 24.8 Å². The number of aromatic nitrogens is 1. The second-order valence-corrected chi connectivity index (χ2v) is 5.13. The van der Waals surface area contributed by atoms with E-state index in [1.165, 1.54) is 11.3 Å². The van der Waals surface area contributed by atoms with E-state index in [9.17, 15) is 0 Å². The molecule has 0 unspecified atom stereocenters. The zero-order valence-corrected chi connectivity index (χ0v) is 10.8. The maximum absolute atomic E-state index is 5.90. The van der Waals surface area contributed by atoms with Crippen molar-refractivity contribution in [2.75, 3.05) is 18.0 Å². The Labute approximate surface area is 109 Å². The van der Waals surface area contributed by atoms with Gasteiger partial charge in [-0.05, 0) is 11.6 Å². The van der Waals surface area contributed by atoms with E-state index in [4.69, 9.17) is 11.6 Å². The van der Waals surface area contributed by atoms with E-state index in [2.05, 4.69) is 39.5 Å². The molecular formula is C12H12ClN3S. The predicted octanol–water partition coefficient (Wildman–Crippen LogP) is 3.04. The van der Waals surface area contributed by atoms with Crippen LogP contribution in [0, 0.1) is 0 Å². The average molecular weight is 266 g/mol. The van der Waals surface area contributed by atoms with Crippen LogP contribution in [0.15, 0.2) is 29.6 Å².